The first-order valence-electron chi connectivity index (χ1n) is 10.7. The number of aliphatic hydroxyl groups excluding tert-OH is 1. The number of rotatable bonds is 6. The normalized spacial score (nSPS) is 13.8. The number of aromatic nitrogens is 1. The number of hydrogen-bond acceptors (Lipinski definition) is 4. The Labute approximate surface area is 189 Å². The Balaban J connectivity index is 1.64. The molecule has 4 rings (SSSR count). The second kappa shape index (κ2) is 9.23. The van der Waals surface area contributed by atoms with Crippen LogP contribution < -0.4 is 10.2 Å². The molecule has 1 amide bonds. The number of anilines is 2. The Hall–Kier alpha value is -3.39. The van der Waals surface area contributed by atoms with Gasteiger partial charge < -0.3 is 10.4 Å². The van der Waals surface area contributed by atoms with Gasteiger partial charge in [0.2, 0.25) is 0 Å². The van der Waals surface area contributed by atoms with Crippen molar-refractivity contribution in [1.29, 1.82) is 0 Å². The highest BCUT2D eigenvalue weighted by Gasteiger charge is 2.30. The van der Waals surface area contributed by atoms with Crippen LogP contribution in [0.2, 0.25) is 0 Å². The lowest BCUT2D eigenvalue weighted by Crippen LogP contribution is -2.37. The number of halogens is 3. The molecule has 0 fully saturated rings. The highest BCUT2D eigenvalue weighted by molar-refractivity contribution is 6.07. The number of fused-ring (bicyclic) bond motifs is 1. The van der Waals surface area contributed by atoms with E-state index in [1.54, 1.807) is 31.2 Å². The maximum atomic E-state index is 13.5. The number of carbonyl (C=O) groups is 1. The van der Waals surface area contributed by atoms with Crippen LogP contribution in [0.15, 0.2) is 60.8 Å². The van der Waals surface area contributed by atoms with Gasteiger partial charge in [-0.3, -0.25) is 9.69 Å². The number of carbonyl (C=O) groups excluding carboxylic acids is 1. The van der Waals surface area contributed by atoms with Gasteiger partial charge >= 0.3 is 6.18 Å². The van der Waals surface area contributed by atoms with Crippen LogP contribution in [-0.2, 0) is 19.0 Å². The minimum Gasteiger partial charge on any atom is -0.392 e. The summed E-state index contributed by atoms with van der Waals surface area (Å²) < 4.78 is 39.2. The summed E-state index contributed by atoms with van der Waals surface area (Å²) in [5.41, 5.74) is 2.90. The SMILES string of the molecule is C[C@@H](O)CN(C(=O)c1cccc2c1CCN2)c1cc(Cc2cccc(C(F)(F)F)c2)ccn1. The topological polar surface area (TPSA) is 65.5 Å². The Morgan fingerprint density at radius 1 is 1.15 bits per heavy atom. The second-order valence-electron chi connectivity index (χ2n) is 8.17. The summed E-state index contributed by atoms with van der Waals surface area (Å²) in [7, 11) is 0. The minimum absolute atomic E-state index is 0.0376. The summed E-state index contributed by atoms with van der Waals surface area (Å²) in [5.74, 6) is 0.0640. The third-order valence-electron chi connectivity index (χ3n) is 5.54. The van der Waals surface area contributed by atoms with Crippen molar-refractivity contribution in [2.24, 2.45) is 0 Å². The van der Waals surface area contributed by atoms with Crippen molar-refractivity contribution in [3.05, 3.63) is 88.6 Å². The van der Waals surface area contributed by atoms with E-state index < -0.39 is 17.8 Å². The Morgan fingerprint density at radius 3 is 2.67 bits per heavy atom. The lowest BCUT2D eigenvalue weighted by Gasteiger charge is -2.24. The number of amides is 1. The molecule has 1 atom stereocenters. The van der Waals surface area contributed by atoms with Gasteiger partial charge in [-0.2, -0.15) is 13.2 Å². The standard InChI is InChI=1S/C25H24F3N3O2/c1-16(32)15-31(24(33)21-6-3-7-22-20(21)9-11-29-22)23-14-18(8-10-30-23)12-17-4-2-5-19(13-17)25(26,27)28/h2-8,10,13-14,16,29,32H,9,11-12,15H2,1H3/t16-/m1/s1. The zero-order valence-electron chi connectivity index (χ0n) is 18.1. The quantitative estimate of drug-likeness (QED) is 0.566. The van der Waals surface area contributed by atoms with Crippen LogP contribution in [-0.4, -0.2) is 35.2 Å². The molecular weight excluding hydrogens is 431 g/mol. The summed E-state index contributed by atoms with van der Waals surface area (Å²) in [4.78, 5) is 19.2. The first-order valence-corrected chi connectivity index (χ1v) is 10.7. The van der Waals surface area contributed by atoms with Gasteiger partial charge in [0.05, 0.1) is 18.2 Å². The van der Waals surface area contributed by atoms with Gasteiger partial charge in [-0.1, -0.05) is 24.3 Å². The van der Waals surface area contributed by atoms with Crippen LogP contribution in [0.1, 0.15) is 39.5 Å². The van der Waals surface area contributed by atoms with Crippen LogP contribution >= 0.6 is 0 Å². The van der Waals surface area contributed by atoms with E-state index in [1.807, 2.05) is 12.1 Å². The molecule has 5 nitrogen and oxygen atoms in total. The fraction of sp³-hybridized carbons (Fsp3) is 0.280. The molecule has 0 saturated heterocycles. The Bertz CT molecular complexity index is 1160. The molecule has 0 bridgehead atoms. The summed E-state index contributed by atoms with van der Waals surface area (Å²) in [6, 6.07) is 14.1. The molecule has 172 valence electrons. The molecular formula is C25H24F3N3O2. The molecule has 2 N–H and O–H groups in total. The average molecular weight is 455 g/mol. The third-order valence-corrected chi connectivity index (χ3v) is 5.54. The molecule has 0 aliphatic carbocycles. The largest absolute Gasteiger partial charge is 0.416 e. The van der Waals surface area contributed by atoms with Crippen molar-refractivity contribution in [3.8, 4) is 0 Å². The van der Waals surface area contributed by atoms with Gasteiger partial charge in [-0.05, 0) is 66.8 Å². The van der Waals surface area contributed by atoms with E-state index in [9.17, 15) is 23.1 Å². The monoisotopic (exact) mass is 455 g/mol. The maximum absolute atomic E-state index is 13.5. The highest BCUT2D eigenvalue weighted by Crippen LogP contribution is 2.31. The fourth-order valence-electron chi connectivity index (χ4n) is 4.05. The van der Waals surface area contributed by atoms with Crippen molar-refractivity contribution in [2.45, 2.75) is 32.0 Å². The molecule has 33 heavy (non-hydrogen) atoms. The van der Waals surface area contributed by atoms with E-state index >= 15 is 0 Å². The van der Waals surface area contributed by atoms with Gasteiger partial charge in [-0.25, -0.2) is 4.98 Å². The van der Waals surface area contributed by atoms with Gasteiger partial charge in [0.15, 0.2) is 0 Å². The van der Waals surface area contributed by atoms with Crippen molar-refractivity contribution in [2.75, 3.05) is 23.3 Å². The predicted molar refractivity (Wildman–Crippen MR) is 120 cm³/mol. The summed E-state index contributed by atoms with van der Waals surface area (Å²) in [5, 5.41) is 13.3. The van der Waals surface area contributed by atoms with Crippen LogP contribution in [0, 0.1) is 0 Å². The molecule has 1 aliphatic rings. The molecule has 8 heteroatoms. The highest BCUT2D eigenvalue weighted by atomic mass is 19.4. The number of alkyl halides is 3. The fourth-order valence-corrected chi connectivity index (χ4v) is 4.05. The number of benzene rings is 2. The summed E-state index contributed by atoms with van der Waals surface area (Å²) >= 11 is 0. The van der Waals surface area contributed by atoms with Crippen LogP contribution in [0.3, 0.4) is 0 Å². The Kier molecular flexibility index (Phi) is 6.37. The first-order chi connectivity index (χ1) is 15.7. The van der Waals surface area contributed by atoms with Gasteiger partial charge in [-0.15, -0.1) is 0 Å². The van der Waals surface area contributed by atoms with E-state index in [0.717, 1.165) is 36.3 Å². The molecule has 2 heterocycles. The smallest absolute Gasteiger partial charge is 0.392 e. The first kappa shape index (κ1) is 22.8. The number of nitrogens with zero attached hydrogens (tertiary/aromatic N) is 2. The van der Waals surface area contributed by atoms with Crippen molar-refractivity contribution in [1.82, 2.24) is 4.98 Å². The van der Waals surface area contributed by atoms with Crippen LogP contribution in [0.25, 0.3) is 0 Å². The van der Waals surface area contributed by atoms with Crippen LogP contribution in [0.5, 0.6) is 0 Å². The molecule has 0 radical (unpaired) electrons. The maximum Gasteiger partial charge on any atom is 0.416 e. The Morgan fingerprint density at radius 2 is 1.91 bits per heavy atom. The number of pyridine rings is 1. The van der Waals surface area contributed by atoms with Gasteiger partial charge in [0.25, 0.3) is 5.91 Å². The summed E-state index contributed by atoms with van der Waals surface area (Å²) in [6.45, 7) is 2.38. The number of hydrogen-bond donors (Lipinski definition) is 2. The molecule has 0 saturated carbocycles. The van der Waals surface area contributed by atoms with Crippen molar-refractivity contribution in [3.63, 3.8) is 0 Å². The van der Waals surface area contributed by atoms with Crippen LogP contribution in [0.4, 0.5) is 24.7 Å². The summed E-state index contributed by atoms with van der Waals surface area (Å²) in [6.07, 6.45) is -2.70. The van der Waals surface area contributed by atoms with E-state index in [4.69, 9.17) is 0 Å². The van der Waals surface area contributed by atoms with E-state index in [0.29, 0.717) is 22.5 Å². The average Bonchev–Trinajstić information content (AvgIpc) is 3.26. The molecule has 0 unspecified atom stereocenters. The van der Waals surface area contributed by atoms with Crippen molar-refractivity contribution >= 4 is 17.4 Å². The zero-order chi connectivity index (χ0) is 23.6. The zero-order valence-corrected chi connectivity index (χ0v) is 18.1. The van der Waals surface area contributed by atoms with Crippen molar-refractivity contribution < 1.29 is 23.1 Å². The number of nitrogens with one attached hydrogen (secondary N) is 1. The molecule has 1 aliphatic heterocycles. The minimum atomic E-state index is -4.41. The molecule has 1 aromatic heterocycles. The van der Waals surface area contributed by atoms with Gasteiger partial charge in [0.1, 0.15) is 5.82 Å². The molecule has 0 spiro atoms. The lowest BCUT2D eigenvalue weighted by molar-refractivity contribution is -0.137. The molecule has 2 aromatic carbocycles. The van der Waals surface area contributed by atoms with E-state index in [2.05, 4.69) is 10.3 Å². The third kappa shape index (κ3) is 5.17. The predicted octanol–water partition coefficient (Wildman–Crippen LogP) is 4.69. The second-order valence-corrected chi connectivity index (χ2v) is 8.17. The lowest BCUT2D eigenvalue weighted by atomic mass is 10.0. The number of aliphatic hydroxyl groups is 1. The van der Waals surface area contributed by atoms with Gasteiger partial charge in [0, 0.05) is 24.0 Å². The molecule has 3 aromatic rings. The van der Waals surface area contributed by atoms with E-state index in [1.165, 1.54) is 17.2 Å². The van der Waals surface area contributed by atoms with E-state index in [-0.39, 0.29) is 18.9 Å².